The van der Waals surface area contributed by atoms with Crippen LogP contribution in [0.3, 0.4) is 0 Å². The van der Waals surface area contributed by atoms with Crippen molar-refractivity contribution in [2.45, 2.75) is 0 Å². The van der Waals surface area contributed by atoms with Crippen LogP contribution in [0, 0.1) is 0 Å². The van der Waals surface area contributed by atoms with E-state index in [0.717, 1.165) is 10.1 Å². The topological polar surface area (TPSA) is 95.8 Å². The van der Waals surface area contributed by atoms with Crippen LogP contribution in [0.25, 0.3) is 22.4 Å². The number of anilines is 1. The number of aryl methyl sites for hydroxylation is 1. The Kier molecular flexibility index (Phi) is 2.83. The molecular formula is C14H13N5O2. The Labute approximate surface area is 119 Å². The van der Waals surface area contributed by atoms with Crippen molar-refractivity contribution in [2.24, 2.45) is 14.1 Å². The van der Waals surface area contributed by atoms with Gasteiger partial charge in [0.15, 0.2) is 11.5 Å². The van der Waals surface area contributed by atoms with Crippen LogP contribution in [0.15, 0.2) is 39.9 Å². The fraction of sp³-hybridized carbons (Fsp3) is 0.143. The van der Waals surface area contributed by atoms with Gasteiger partial charge < -0.3 is 5.73 Å². The molecule has 0 unspecified atom stereocenters. The molecule has 2 N–H and O–H groups in total. The predicted molar refractivity (Wildman–Crippen MR) is 79.9 cm³/mol. The molecule has 0 saturated carbocycles. The fourth-order valence-electron chi connectivity index (χ4n) is 2.20. The minimum Gasteiger partial charge on any atom is -0.383 e. The van der Waals surface area contributed by atoms with Crippen LogP contribution in [-0.4, -0.2) is 19.1 Å². The van der Waals surface area contributed by atoms with Crippen molar-refractivity contribution in [1.82, 2.24) is 19.1 Å². The number of nitrogen functional groups attached to an aromatic ring is 1. The van der Waals surface area contributed by atoms with Gasteiger partial charge in [-0.3, -0.25) is 13.9 Å². The highest BCUT2D eigenvalue weighted by Crippen LogP contribution is 2.19. The third-order valence-electron chi connectivity index (χ3n) is 3.36. The van der Waals surface area contributed by atoms with E-state index >= 15 is 0 Å². The Bertz CT molecular complexity index is 957. The first kappa shape index (κ1) is 13.0. The zero-order chi connectivity index (χ0) is 15.1. The number of benzene rings is 1. The molecule has 21 heavy (non-hydrogen) atoms. The first-order valence-corrected chi connectivity index (χ1v) is 6.29. The van der Waals surface area contributed by atoms with E-state index in [9.17, 15) is 9.59 Å². The maximum atomic E-state index is 12.2. The van der Waals surface area contributed by atoms with Crippen molar-refractivity contribution in [1.29, 1.82) is 0 Å². The van der Waals surface area contributed by atoms with Crippen LogP contribution in [-0.2, 0) is 14.1 Å². The van der Waals surface area contributed by atoms with Gasteiger partial charge in [0.2, 0.25) is 0 Å². The van der Waals surface area contributed by atoms with Gasteiger partial charge in [-0.05, 0) is 0 Å². The lowest BCUT2D eigenvalue weighted by Gasteiger charge is -2.09. The Morgan fingerprint density at radius 3 is 2.33 bits per heavy atom. The van der Waals surface area contributed by atoms with E-state index in [1.807, 2.05) is 30.3 Å². The number of nitrogens with zero attached hydrogens (tertiary/aromatic N) is 4. The summed E-state index contributed by atoms with van der Waals surface area (Å²) in [6.45, 7) is 0. The molecule has 1 aromatic carbocycles. The van der Waals surface area contributed by atoms with Gasteiger partial charge in [0.25, 0.3) is 5.56 Å². The quantitative estimate of drug-likeness (QED) is 0.692. The summed E-state index contributed by atoms with van der Waals surface area (Å²) in [6, 6.07) is 9.24. The number of nitrogens with two attached hydrogens (primary N) is 1. The first-order chi connectivity index (χ1) is 10.0. The van der Waals surface area contributed by atoms with E-state index in [1.54, 1.807) is 7.05 Å². The Hall–Kier alpha value is -2.96. The Morgan fingerprint density at radius 1 is 1.00 bits per heavy atom. The second-order valence-corrected chi connectivity index (χ2v) is 4.70. The summed E-state index contributed by atoms with van der Waals surface area (Å²) in [5.41, 5.74) is 5.95. The van der Waals surface area contributed by atoms with E-state index < -0.39 is 11.2 Å². The highest BCUT2D eigenvalue weighted by molar-refractivity contribution is 5.86. The number of rotatable bonds is 1. The summed E-state index contributed by atoms with van der Waals surface area (Å²) >= 11 is 0. The molecule has 0 amide bonds. The zero-order valence-electron chi connectivity index (χ0n) is 11.6. The van der Waals surface area contributed by atoms with Gasteiger partial charge in [-0.25, -0.2) is 14.8 Å². The Morgan fingerprint density at radius 2 is 1.67 bits per heavy atom. The molecule has 0 bridgehead atoms. The van der Waals surface area contributed by atoms with Gasteiger partial charge in [-0.15, -0.1) is 0 Å². The molecule has 0 fully saturated rings. The molecule has 3 rings (SSSR count). The average Bonchev–Trinajstić information content (AvgIpc) is 2.51. The van der Waals surface area contributed by atoms with Gasteiger partial charge >= 0.3 is 5.69 Å². The van der Waals surface area contributed by atoms with Crippen LogP contribution in [0.4, 0.5) is 5.82 Å². The van der Waals surface area contributed by atoms with Crippen molar-refractivity contribution in [3.8, 4) is 11.4 Å². The lowest BCUT2D eigenvalue weighted by atomic mass is 10.2. The highest BCUT2D eigenvalue weighted by atomic mass is 16.2. The van der Waals surface area contributed by atoms with E-state index in [-0.39, 0.29) is 16.9 Å². The molecule has 0 atom stereocenters. The van der Waals surface area contributed by atoms with E-state index in [2.05, 4.69) is 9.97 Å². The molecule has 106 valence electrons. The van der Waals surface area contributed by atoms with Crippen molar-refractivity contribution < 1.29 is 0 Å². The lowest BCUT2D eigenvalue weighted by molar-refractivity contribution is 0.707. The summed E-state index contributed by atoms with van der Waals surface area (Å²) < 4.78 is 2.28. The van der Waals surface area contributed by atoms with Crippen LogP contribution in [0.2, 0.25) is 0 Å². The van der Waals surface area contributed by atoms with Crippen molar-refractivity contribution in [3.63, 3.8) is 0 Å². The normalized spacial score (nSPS) is 11.0. The maximum absolute atomic E-state index is 12.2. The van der Waals surface area contributed by atoms with Gasteiger partial charge in [0, 0.05) is 19.7 Å². The maximum Gasteiger partial charge on any atom is 0.332 e. The minimum absolute atomic E-state index is 0.0649. The molecule has 0 radical (unpaired) electrons. The average molecular weight is 283 g/mol. The second-order valence-electron chi connectivity index (χ2n) is 4.70. The second kappa shape index (κ2) is 4.55. The molecule has 0 aliphatic carbocycles. The van der Waals surface area contributed by atoms with Gasteiger partial charge in [0.1, 0.15) is 11.2 Å². The molecule has 0 aliphatic rings. The summed E-state index contributed by atoms with van der Waals surface area (Å²) in [7, 11) is 2.94. The van der Waals surface area contributed by atoms with Crippen LogP contribution < -0.4 is 17.0 Å². The summed E-state index contributed by atoms with van der Waals surface area (Å²) in [5.74, 6) is 0.443. The van der Waals surface area contributed by atoms with E-state index in [4.69, 9.17) is 5.73 Å². The fourth-order valence-corrected chi connectivity index (χ4v) is 2.20. The lowest BCUT2D eigenvalue weighted by Crippen LogP contribution is -2.37. The smallest absolute Gasteiger partial charge is 0.332 e. The van der Waals surface area contributed by atoms with E-state index in [0.29, 0.717) is 5.82 Å². The van der Waals surface area contributed by atoms with Gasteiger partial charge in [-0.2, -0.15) is 0 Å². The molecule has 2 heterocycles. The van der Waals surface area contributed by atoms with Crippen molar-refractivity contribution >= 4 is 16.9 Å². The minimum atomic E-state index is -0.495. The number of aromatic nitrogens is 4. The standard InChI is InChI=1S/C14H13N5O2/c1-18-12-9(13(20)19(2)14(18)21)10(15)16-11(17-12)8-6-4-3-5-7-8/h3-7H,1-2H3,(H2,15,16,17). The van der Waals surface area contributed by atoms with Gasteiger partial charge in [-0.1, -0.05) is 30.3 Å². The predicted octanol–water partition coefficient (Wildman–Crippen LogP) is 0.276. The number of hydrogen-bond acceptors (Lipinski definition) is 5. The van der Waals surface area contributed by atoms with Gasteiger partial charge in [0.05, 0.1) is 0 Å². The summed E-state index contributed by atoms with van der Waals surface area (Å²) in [5, 5.41) is 0.152. The van der Waals surface area contributed by atoms with Crippen LogP contribution in [0.5, 0.6) is 0 Å². The number of hydrogen-bond donors (Lipinski definition) is 1. The molecule has 3 aromatic rings. The van der Waals surface area contributed by atoms with Crippen molar-refractivity contribution in [2.75, 3.05) is 5.73 Å². The molecular weight excluding hydrogens is 270 g/mol. The molecule has 0 spiro atoms. The molecule has 0 aliphatic heterocycles. The summed E-state index contributed by atoms with van der Waals surface area (Å²) in [4.78, 5) is 32.7. The SMILES string of the molecule is Cn1c(=O)c2c(N)nc(-c3ccccc3)nc2n(C)c1=O. The molecule has 0 saturated heterocycles. The molecule has 2 aromatic heterocycles. The molecule has 7 heteroatoms. The molecule has 7 nitrogen and oxygen atoms in total. The Balaban J connectivity index is 2.46. The third-order valence-corrected chi connectivity index (χ3v) is 3.36. The van der Waals surface area contributed by atoms with E-state index in [1.165, 1.54) is 11.6 Å². The van der Waals surface area contributed by atoms with Crippen LogP contribution >= 0.6 is 0 Å². The highest BCUT2D eigenvalue weighted by Gasteiger charge is 2.15. The van der Waals surface area contributed by atoms with Crippen LogP contribution in [0.1, 0.15) is 0 Å². The van der Waals surface area contributed by atoms with Crippen molar-refractivity contribution in [3.05, 3.63) is 51.2 Å². The summed E-state index contributed by atoms with van der Waals surface area (Å²) in [6.07, 6.45) is 0. The third kappa shape index (κ3) is 1.90. The zero-order valence-corrected chi connectivity index (χ0v) is 11.6. The number of fused-ring (bicyclic) bond motifs is 1. The monoisotopic (exact) mass is 283 g/mol. The first-order valence-electron chi connectivity index (χ1n) is 6.29. The largest absolute Gasteiger partial charge is 0.383 e.